The van der Waals surface area contributed by atoms with Crippen molar-refractivity contribution < 1.29 is 26.4 Å². The van der Waals surface area contributed by atoms with Crippen LogP contribution in [0.15, 0.2) is 34.2 Å². The monoisotopic (exact) mass is 381 g/mol. The molecule has 1 aromatic rings. The average molecular weight is 381 g/mol. The first-order valence-electron chi connectivity index (χ1n) is 6.78. The number of amides is 1. The molecule has 1 heterocycles. The van der Waals surface area contributed by atoms with E-state index in [1.807, 2.05) is 4.72 Å². The SMILES string of the molecule is C[C@H](NS(=O)(=O)c1ccccc1C(F)(F)F)C(=O)NC1=NCCS1. The molecule has 0 bridgehead atoms. The van der Waals surface area contributed by atoms with Crippen molar-refractivity contribution in [3.05, 3.63) is 29.8 Å². The fourth-order valence-corrected chi connectivity index (χ4v) is 4.07. The molecule has 0 fully saturated rings. The molecule has 0 saturated heterocycles. The maximum absolute atomic E-state index is 13.0. The molecule has 2 N–H and O–H groups in total. The van der Waals surface area contributed by atoms with Crippen LogP contribution in [0.2, 0.25) is 0 Å². The van der Waals surface area contributed by atoms with E-state index in [0.29, 0.717) is 23.5 Å². The van der Waals surface area contributed by atoms with Gasteiger partial charge >= 0.3 is 6.18 Å². The lowest BCUT2D eigenvalue weighted by Gasteiger charge is -2.17. The Balaban J connectivity index is 2.18. The van der Waals surface area contributed by atoms with E-state index >= 15 is 0 Å². The molecule has 0 radical (unpaired) electrons. The topological polar surface area (TPSA) is 87.6 Å². The number of carbonyl (C=O) groups excluding carboxylic acids is 1. The third-order valence-electron chi connectivity index (χ3n) is 3.02. The van der Waals surface area contributed by atoms with E-state index in [1.165, 1.54) is 24.8 Å². The van der Waals surface area contributed by atoms with Gasteiger partial charge in [-0.25, -0.2) is 8.42 Å². The lowest BCUT2D eigenvalue weighted by atomic mass is 10.2. The van der Waals surface area contributed by atoms with Crippen molar-refractivity contribution in [3.63, 3.8) is 0 Å². The predicted molar refractivity (Wildman–Crippen MR) is 84.1 cm³/mol. The summed E-state index contributed by atoms with van der Waals surface area (Å²) in [5, 5.41) is 2.79. The largest absolute Gasteiger partial charge is 0.417 e. The molecule has 0 aliphatic carbocycles. The van der Waals surface area contributed by atoms with Gasteiger partial charge in [0.1, 0.15) is 0 Å². The Morgan fingerprint density at radius 2 is 2.00 bits per heavy atom. The molecular formula is C13H14F3N3O3S2. The van der Waals surface area contributed by atoms with Gasteiger partial charge in [0.15, 0.2) is 5.17 Å². The van der Waals surface area contributed by atoms with Crippen molar-refractivity contribution in [1.82, 2.24) is 10.0 Å². The Labute approximate surface area is 141 Å². The zero-order valence-corrected chi connectivity index (χ0v) is 14.1. The van der Waals surface area contributed by atoms with Crippen LogP contribution in [-0.2, 0) is 21.0 Å². The molecule has 1 aliphatic heterocycles. The quantitative estimate of drug-likeness (QED) is 0.829. The third-order valence-corrected chi connectivity index (χ3v) is 5.51. The second-order valence-corrected chi connectivity index (χ2v) is 7.63. The fraction of sp³-hybridized carbons (Fsp3) is 0.385. The van der Waals surface area contributed by atoms with Gasteiger partial charge in [-0.05, 0) is 19.1 Å². The van der Waals surface area contributed by atoms with E-state index in [9.17, 15) is 26.4 Å². The van der Waals surface area contributed by atoms with Gasteiger partial charge in [-0.1, -0.05) is 23.9 Å². The first-order valence-corrected chi connectivity index (χ1v) is 9.25. The van der Waals surface area contributed by atoms with E-state index in [2.05, 4.69) is 10.3 Å². The summed E-state index contributed by atoms with van der Waals surface area (Å²) in [6, 6.07) is 2.52. The van der Waals surface area contributed by atoms with Crippen LogP contribution in [0, 0.1) is 0 Å². The maximum atomic E-state index is 13.0. The highest BCUT2D eigenvalue weighted by molar-refractivity contribution is 8.14. The Bertz CT molecular complexity index is 763. The summed E-state index contributed by atoms with van der Waals surface area (Å²) in [6.07, 6.45) is -4.83. The number of benzene rings is 1. The van der Waals surface area contributed by atoms with Crippen molar-refractivity contribution in [2.75, 3.05) is 12.3 Å². The van der Waals surface area contributed by atoms with Gasteiger partial charge in [-0.2, -0.15) is 17.9 Å². The number of hydrogen-bond acceptors (Lipinski definition) is 5. The number of sulfonamides is 1. The Hall–Kier alpha value is -1.59. The van der Waals surface area contributed by atoms with Gasteiger partial charge in [0.05, 0.1) is 23.0 Å². The van der Waals surface area contributed by atoms with E-state index in [1.54, 1.807) is 0 Å². The molecule has 0 unspecified atom stereocenters. The Morgan fingerprint density at radius 3 is 2.58 bits per heavy atom. The van der Waals surface area contributed by atoms with Crippen LogP contribution in [0.5, 0.6) is 0 Å². The highest BCUT2D eigenvalue weighted by Crippen LogP contribution is 2.33. The zero-order chi connectivity index (χ0) is 18.0. The summed E-state index contributed by atoms with van der Waals surface area (Å²) in [6.45, 7) is 1.78. The lowest BCUT2D eigenvalue weighted by molar-refractivity contribution is -0.139. The predicted octanol–water partition coefficient (Wildman–Crippen LogP) is 1.59. The van der Waals surface area contributed by atoms with Crippen LogP contribution in [0.1, 0.15) is 12.5 Å². The van der Waals surface area contributed by atoms with Crippen LogP contribution < -0.4 is 10.0 Å². The summed E-state index contributed by atoms with van der Waals surface area (Å²) >= 11 is 1.30. The number of rotatable bonds is 4. The highest BCUT2D eigenvalue weighted by Gasteiger charge is 2.37. The minimum Gasteiger partial charge on any atom is -0.304 e. The van der Waals surface area contributed by atoms with Crippen LogP contribution in [0.3, 0.4) is 0 Å². The molecule has 0 aromatic heterocycles. The summed E-state index contributed by atoms with van der Waals surface area (Å²) in [4.78, 5) is 15.0. The highest BCUT2D eigenvalue weighted by atomic mass is 32.2. The molecule has 11 heteroatoms. The molecule has 2 rings (SSSR count). The van der Waals surface area contributed by atoms with E-state index < -0.39 is 38.6 Å². The van der Waals surface area contributed by atoms with Crippen LogP contribution in [-0.4, -0.2) is 37.8 Å². The van der Waals surface area contributed by atoms with Crippen molar-refractivity contribution in [3.8, 4) is 0 Å². The molecule has 1 aromatic carbocycles. The summed E-state index contributed by atoms with van der Waals surface area (Å²) in [5.74, 6) is 0.00511. The van der Waals surface area contributed by atoms with Gasteiger partial charge in [0.25, 0.3) is 0 Å². The number of nitrogens with one attached hydrogen (secondary N) is 2. The maximum Gasteiger partial charge on any atom is 0.417 e. The number of alkyl halides is 3. The molecule has 6 nitrogen and oxygen atoms in total. The molecule has 1 atom stereocenters. The number of thioether (sulfide) groups is 1. The summed E-state index contributed by atoms with van der Waals surface area (Å²) < 4.78 is 65.3. The van der Waals surface area contributed by atoms with Gasteiger partial charge in [0.2, 0.25) is 15.9 Å². The molecule has 132 valence electrons. The van der Waals surface area contributed by atoms with E-state index in [-0.39, 0.29) is 0 Å². The Kier molecular flexibility index (Phi) is 5.56. The fourth-order valence-electron chi connectivity index (χ4n) is 1.91. The molecule has 24 heavy (non-hydrogen) atoms. The third kappa shape index (κ3) is 4.48. The van der Waals surface area contributed by atoms with Crippen LogP contribution in [0.4, 0.5) is 13.2 Å². The number of carbonyl (C=O) groups is 1. The lowest BCUT2D eigenvalue weighted by Crippen LogP contribution is -2.46. The van der Waals surface area contributed by atoms with E-state index in [4.69, 9.17) is 0 Å². The van der Waals surface area contributed by atoms with Crippen LogP contribution >= 0.6 is 11.8 Å². The Morgan fingerprint density at radius 1 is 1.33 bits per heavy atom. The van der Waals surface area contributed by atoms with Gasteiger partial charge < -0.3 is 5.32 Å². The average Bonchev–Trinajstić information content (AvgIpc) is 2.99. The van der Waals surface area contributed by atoms with Crippen molar-refractivity contribution in [2.24, 2.45) is 4.99 Å². The first-order chi connectivity index (χ1) is 11.1. The van der Waals surface area contributed by atoms with Gasteiger partial charge in [0, 0.05) is 5.75 Å². The normalized spacial score (nSPS) is 16.6. The number of halogens is 3. The van der Waals surface area contributed by atoms with Gasteiger partial charge in [-0.15, -0.1) is 0 Å². The smallest absolute Gasteiger partial charge is 0.304 e. The number of nitrogens with zero attached hydrogens (tertiary/aromatic N) is 1. The standard InChI is InChI=1S/C13H14F3N3O3S2/c1-8(11(20)18-12-17-6-7-23-12)19-24(21,22)10-5-3-2-4-9(10)13(14,15)16/h2-5,8,19H,6-7H2,1H3,(H,17,18,20)/t8-/m0/s1. The second kappa shape index (κ2) is 7.11. The summed E-state index contributed by atoms with van der Waals surface area (Å²) in [5.41, 5.74) is -1.29. The minimum atomic E-state index is -4.83. The van der Waals surface area contributed by atoms with Crippen molar-refractivity contribution >= 4 is 32.9 Å². The molecule has 0 saturated carbocycles. The molecule has 0 spiro atoms. The van der Waals surface area contributed by atoms with Crippen molar-refractivity contribution in [2.45, 2.75) is 24.0 Å². The molecule has 1 amide bonds. The van der Waals surface area contributed by atoms with Gasteiger partial charge in [-0.3, -0.25) is 9.79 Å². The first kappa shape index (κ1) is 18.7. The number of amidine groups is 1. The van der Waals surface area contributed by atoms with Crippen molar-refractivity contribution in [1.29, 1.82) is 0 Å². The molecule has 1 aliphatic rings. The second-order valence-electron chi connectivity index (χ2n) is 4.86. The number of hydrogen-bond donors (Lipinski definition) is 2. The molecular weight excluding hydrogens is 367 g/mol. The van der Waals surface area contributed by atoms with Crippen LogP contribution in [0.25, 0.3) is 0 Å². The zero-order valence-electron chi connectivity index (χ0n) is 12.4. The minimum absolute atomic E-state index is 0.363. The van der Waals surface area contributed by atoms with E-state index in [0.717, 1.165) is 12.1 Å². The summed E-state index contributed by atoms with van der Waals surface area (Å²) in [7, 11) is -4.53. The number of aliphatic imine (C=N–C) groups is 1.